The second-order valence-corrected chi connectivity index (χ2v) is 4.55. The standard InChI is InChI=1S/C14H29N3O8/c15-17-16-14(19)13-25-12-11-24-10-9-23-8-7-22-6-5-21-4-3-20-2-1-18/h14,18-19H,1-13H2. The molecule has 0 aliphatic carbocycles. The fraction of sp³-hybridized carbons (Fsp3) is 1.00. The fourth-order valence-electron chi connectivity index (χ4n) is 1.45. The van der Waals surface area contributed by atoms with E-state index in [9.17, 15) is 0 Å². The molecule has 0 aromatic carbocycles. The van der Waals surface area contributed by atoms with E-state index in [-0.39, 0.29) is 13.2 Å². The van der Waals surface area contributed by atoms with Crippen LogP contribution in [0.1, 0.15) is 0 Å². The van der Waals surface area contributed by atoms with Crippen LogP contribution < -0.4 is 0 Å². The lowest BCUT2D eigenvalue weighted by Crippen LogP contribution is -2.16. The van der Waals surface area contributed by atoms with Gasteiger partial charge >= 0.3 is 0 Å². The largest absolute Gasteiger partial charge is 0.394 e. The van der Waals surface area contributed by atoms with Crippen LogP contribution in [0.2, 0.25) is 0 Å². The molecule has 0 rings (SSSR count). The highest BCUT2D eigenvalue weighted by Gasteiger charge is 1.99. The van der Waals surface area contributed by atoms with E-state index in [1.54, 1.807) is 0 Å². The molecule has 0 aromatic heterocycles. The van der Waals surface area contributed by atoms with Crippen LogP contribution in [0.3, 0.4) is 0 Å². The van der Waals surface area contributed by atoms with Crippen molar-refractivity contribution in [3.63, 3.8) is 0 Å². The molecule has 0 aliphatic rings. The molecule has 0 saturated heterocycles. The van der Waals surface area contributed by atoms with Crippen LogP contribution in [0.25, 0.3) is 10.4 Å². The summed E-state index contributed by atoms with van der Waals surface area (Å²) in [7, 11) is 0. The fourth-order valence-corrected chi connectivity index (χ4v) is 1.45. The molecule has 2 N–H and O–H groups in total. The molecule has 0 fully saturated rings. The van der Waals surface area contributed by atoms with Gasteiger partial charge in [0.05, 0.1) is 85.9 Å². The lowest BCUT2D eigenvalue weighted by molar-refractivity contribution is -0.0238. The van der Waals surface area contributed by atoms with Crippen molar-refractivity contribution in [2.45, 2.75) is 6.23 Å². The summed E-state index contributed by atoms with van der Waals surface area (Å²) in [6.07, 6.45) is -1.17. The Morgan fingerprint density at radius 3 is 1.40 bits per heavy atom. The van der Waals surface area contributed by atoms with Crippen molar-refractivity contribution in [1.82, 2.24) is 0 Å². The Morgan fingerprint density at radius 1 is 0.680 bits per heavy atom. The predicted molar refractivity (Wildman–Crippen MR) is 87.2 cm³/mol. The zero-order valence-corrected chi connectivity index (χ0v) is 14.5. The van der Waals surface area contributed by atoms with Crippen LogP contribution in [0.15, 0.2) is 5.11 Å². The molecule has 0 saturated carbocycles. The SMILES string of the molecule is [N-]=[N+]=NC(O)COCCOCCOCCOCCOCCOCCO. The van der Waals surface area contributed by atoms with Crippen molar-refractivity contribution in [2.75, 3.05) is 85.9 Å². The molecule has 0 bridgehead atoms. The normalized spacial score (nSPS) is 12.1. The van der Waals surface area contributed by atoms with Crippen molar-refractivity contribution >= 4 is 0 Å². The topological polar surface area (TPSA) is 145 Å². The number of azide groups is 1. The van der Waals surface area contributed by atoms with Gasteiger partial charge in [-0.15, -0.1) is 0 Å². The third-order valence-corrected chi connectivity index (χ3v) is 2.55. The van der Waals surface area contributed by atoms with Crippen molar-refractivity contribution in [1.29, 1.82) is 0 Å². The quantitative estimate of drug-likeness (QED) is 0.129. The minimum Gasteiger partial charge on any atom is -0.394 e. The lowest BCUT2D eigenvalue weighted by atomic mass is 10.6. The monoisotopic (exact) mass is 367 g/mol. The molecular formula is C14H29N3O8. The van der Waals surface area contributed by atoms with Gasteiger partial charge in [0.1, 0.15) is 0 Å². The Hall–Kier alpha value is -1.01. The van der Waals surface area contributed by atoms with Gasteiger partial charge in [-0.2, -0.15) is 0 Å². The molecule has 1 atom stereocenters. The minimum atomic E-state index is -1.17. The van der Waals surface area contributed by atoms with Crippen molar-refractivity contribution < 1.29 is 38.6 Å². The van der Waals surface area contributed by atoms with Gasteiger partial charge in [-0.25, -0.2) is 0 Å². The average molecular weight is 367 g/mol. The van der Waals surface area contributed by atoms with Gasteiger partial charge < -0.3 is 38.6 Å². The summed E-state index contributed by atoms with van der Waals surface area (Å²) in [5.74, 6) is 0. The number of aliphatic hydroxyl groups excluding tert-OH is 2. The highest BCUT2D eigenvalue weighted by Crippen LogP contribution is 1.88. The van der Waals surface area contributed by atoms with Gasteiger partial charge in [-0.1, -0.05) is 5.11 Å². The minimum absolute atomic E-state index is 0.0188. The van der Waals surface area contributed by atoms with Crippen LogP contribution in [-0.2, 0) is 28.4 Å². The van der Waals surface area contributed by atoms with Gasteiger partial charge in [0, 0.05) is 4.91 Å². The zero-order chi connectivity index (χ0) is 18.4. The lowest BCUT2D eigenvalue weighted by Gasteiger charge is -2.08. The van der Waals surface area contributed by atoms with Gasteiger partial charge in [-0.05, 0) is 5.53 Å². The van der Waals surface area contributed by atoms with Crippen LogP contribution in [0.4, 0.5) is 0 Å². The smallest absolute Gasteiger partial charge is 0.156 e. The summed E-state index contributed by atoms with van der Waals surface area (Å²) in [6, 6.07) is 0. The van der Waals surface area contributed by atoms with Gasteiger partial charge in [0.2, 0.25) is 0 Å². The summed E-state index contributed by atoms with van der Waals surface area (Å²) in [4.78, 5) is 2.45. The number of aliphatic hydroxyl groups is 2. The van der Waals surface area contributed by atoms with E-state index < -0.39 is 6.23 Å². The molecule has 0 aliphatic heterocycles. The zero-order valence-electron chi connectivity index (χ0n) is 14.5. The molecule has 0 amide bonds. The van der Waals surface area contributed by atoms with E-state index >= 15 is 0 Å². The maximum Gasteiger partial charge on any atom is 0.156 e. The molecule has 11 heteroatoms. The van der Waals surface area contributed by atoms with Crippen molar-refractivity contribution in [3.8, 4) is 0 Å². The number of rotatable bonds is 20. The second-order valence-electron chi connectivity index (χ2n) is 4.55. The van der Waals surface area contributed by atoms with Crippen LogP contribution in [-0.4, -0.2) is 102 Å². The van der Waals surface area contributed by atoms with Crippen molar-refractivity contribution in [3.05, 3.63) is 10.4 Å². The molecule has 0 aromatic rings. The summed E-state index contributed by atoms with van der Waals surface area (Å²) in [6.45, 7) is 4.69. The first-order valence-corrected chi connectivity index (χ1v) is 8.10. The van der Waals surface area contributed by atoms with Crippen LogP contribution >= 0.6 is 0 Å². The number of nitrogens with zero attached hydrogens (tertiary/aromatic N) is 3. The van der Waals surface area contributed by atoms with E-state index in [0.717, 1.165) is 0 Å². The molecule has 0 radical (unpaired) electrons. The molecule has 0 heterocycles. The maximum atomic E-state index is 9.04. The molecule has 11 nitrogen and oxygen atoms in total. The molecule has 1 unspecified atom stereocenters. The molecule has 148 valence electrons. The first kappa shape index (κ1) is 24.0. The molecular weight excluding hydrogens is 338 g/mol. The summed E-state index contributed by atoms with van der Waals surface area (Å²) in [5.41, 5.74) is 8.07. The Bertz CT molecular complexity index is 318. The van der Waals surface area contributed by atoms with Crippen LogP contribution in [0, 0.1) is 0 Å². The Balaban J connectivity index is 3.04. The molecule has 0 spiro atoms. The summed E-state index contributed by atoms with van der Waals surface area (Å²) < 4.78 is 31.2. The van der Waals surface area contributed by atoms with E-state index in [1.807, 2.05) is 0 Å². The Morgan fingerprint density at radius 2 is 1.04 bits per heavy atom. The summed E-state index contributed by atoms with van der Waals surface area (Å²) in [5, 5.41) is 20.6. The first-order valence-electron chi connectivity index (χ1n) is 8.10. The summed E-state index contributed by atoms with van der Waals surface area (Å²) >= 11 is 0. The van der Waals surface area contributed by atoms with Gasteiger partial charge in [0.15, 0.2) is 6.23 Å². The van der Waals surface area contributed by atoms with Crippen LogP contribution in [0.5, 0.6) is 0 Å². The Labute approximate surface area is 147 Å². The van der Waals surface area contributed by atoms with E-state index in [2.05, 4.69) is 10.0 Å². The maximum absolute atomic E-state index is 9.04. The predicted octanol–water partition coefficient (Wildman–Crippen LogP) is -0.293. The van der Waals surface area contributed by atoms with Gasteiger partial charge in [0.25, 0.3) is 0 Å². The Kier molecular flexibility index (Phi) is 20.2. The third-order valence-electron chi connectivity index (χ3n) is 2.55. The molecule has 25 heavy (non-hydrogen) atoms. The van der Waals surface area contributed by atoms with E-state index in [1.165, 1.54) is 0 Å². The highest BCUT2D eigenvalue weighted by molar-refractivity contribution is 4.50. The first-order chi connectivity index (χ1) is 12.3. The van der Waals surface area contributed by atoms with E-state index in [0.29, 0.717) is 72.7 Å². The third kappa shape index (κ3) is 20.9. The number of ether oxygens (including phenoxy) is 6. The second kappa shape index (κ2) is 21.0. The number of hydrogen-bond acceptors (Lipinski definition) is 9. The number of hydrogen-bond donors (Lipinski definition) is 2. The van der Waals surface area contributed by atoms with Gasteiger partial charge in [-0.3, -0.25) is 0 Å². The average Bonchev–Trinajstić information content (AvgIpc) is 2.61. The van der Waals surface area contributed by atoms with E-state index in [4.69, 9.17) is 44.2 Å². The van der Waals surface area contributed by atoms with Crippen molar-refractivity contribution in [2.24, 2.45) is 5.11 Å². The highest BCUT2D eigenvalue weighted by atomic mass is 16.6.